The van der Waals surface area contributed by atoms with Crippen molar-refractivity contribution in [3.63, 3.8) is 0 Å². The summed E-state index contributed by atoms with van der Waals surface area (Å²) in [5.74, 6) is 0.0109. The summed E-state index contributed by atoms with van der Waals surface area (Å²) in [6.07, 6.45) is 0. The maximum atomic E-state index is 13.3. The van der Waals surface area contributed by atoms with E-state index in [2.05, 4.69) is 10.5 Å². The molecule has 0 bridgehead atoms. The van der Waals surface area contributed by atoms with Crippen LogP contribution in [0.1, 0.15) is 10.4 Å². The molecule has 0 radical (unpaired) electrons. The predicted octanol–water partition coefficient (Wildman–Crippen LogP) is 4.78. The average molecular weight is 402 g/mol. The van der Waals surface area contributed by atoms with Gasteiger partial charge in [0.2, 0.25) is 0 Å². The molecule has 1 N–H and O–H groups in total. The number of hydrogen-bond donors (Lipinski definition) is 1. The van der Waals surface area contributed by atoms with Gasteiger partial charge in [-0.2, -0.15) is 0 Å². The van der Waals surface area contributed by atoms with Crippen LogP contribution in [0.3, 0.4) is 0 Å². The number of carbonyl (C=O) groups is 1. The summed E-state index contributed by atoms with van der Waals surface area (Å²) < 4.78 is 18.8. The van der Waals surface area contributed by atoms with E-state index in [-0.39, 0.29) is 12.4 Å². The van der Waals surface area contributed by atoms with Crippen LogP contribution in [-0.4, -0.2) is 24.1 Å². The first-order chi connectivity index (χ1) is 14.7. The van der Waals surface area contributed by atoms with E-state index >= 15 is 0 Å². The minimum Gasteiger partial charge on any atom is -0.491 e. The van der Waals surface area contributed by atoms with Gasteiger partial charge in [0.15, 0.2) is 0 Å². The molecule has 1 heterocycles. The van der Waals surface area contributed by atoms with Gasteiger partial charge in [0.25, 0.3) is 5.91 Å². The van der Waals surface area contributed by atoms with Crippen LogP contribution in [0.25, 0.3) is 22.2 Å². The lowest BCUT2D eigenvalue weighted by Gasteiger charge is -2.11. The molecule has 5 nitrogen and oxygen atoms in total. The maximum Gasteiger partial charge on any atom is 0.275 e. The fraction of sp³-hybridized carbons (Fsp3) is 0.0833. The molecule has 0 aliphatic carbocycles. The Morgan fingerprint density at radius 3 is 2.43 bits per heavy atom. The van der Waals surface area contributed by atoms with E-state index in [4.69, 9.17) is 9.57 Å². The number of para-hydroxylation sites is 2. The van der Waals surface area contributed by atoms with Crippen LogP contribution < -0.4 is 10.2 Å². The SMILES string of the molecule is O=C(NOCCOc1ccccc1)c1cc(-c2ccc(F)cc2)nc2ccccc12. The van der Waals surface area contributed by atoms with E-state index < -0.39 is 5.91 Å². The van der Waals surface area contributed by atoms with Gasteiger partial charge in [0, 0.05) is 10.9 Å². The molecule has 0 spiro atoms. The summed E-state index contributed by atoms with van der Waals surface area (Å²) in [5.41, 5.74) is 4.83. The summed E-state index contributed by atoms with van der Waals surface area (Å²) in [6, 6.07) is 24.4. The zero-order chi connectivity index (χ0) is 20.8. The number of halogens is 1. The number of pyridine rings is 1. The number of nitrogens with zero attached hydrogens (tertiary/aromatic N) is 1. The van der Waals surface area contributed by atoms with Gasteiger partial charge in [0.1, 0.15) is 24.8 Å². The quantitative estimate of drug-likeness (QED) is 0.357. The van der Waals surface area contributed by atoms with E-state index in [1.807, 2.05) is 54.6 Å². The highest BCUT2D eigenvalue weighted by Crippen LogP contribution is 2.25. The normalized spacial score (nSPS) is 10.7. The van der Waals surface area contributed by atoms with Crippen molar-refractivity contribution < 1.29 is 18.8 Å². The van der Waals surface area contributed by atoms with Crippen molar-refractivity contribution in [2.24, 2.45) is 0 Å². The van der Waals surface area contributed by atoms with Gasteiger partial charge in [0.05, 0.1) is 16.8 Å². The minimum absolute atomic E-state index is 0.189. The summed E-state index contributed by atoms with van der Waals surface area (Å²) in [6.45, 7) is 0.483. The average Bonchev–Trinajstić information content (AvgIpc) is 2.79. The number of hydroxylamine groups is 1. The lowest BCUT2D eigenvalue weighted by Crippen LogP contribution is -2.26. The Morgan fingerprint density at radius 2 is 1.63 bits per heavy atom. The van der Waals surface area contributed by atoms with Gasteiger partial charge in [-0.05, 0) is 48.5 Å². The van der Waals surface area contributed by atoms with E-state index in [0.29, 0.717) is 34.3 Å². The molecule has 4 rings (SSSR count). The molecule has 0 saturated heterocycles. The molecule has 6 heteroatoms. The molecule has 0 fully saturated rings. The highest BCUT2D eigenvalue weighted by atomic mass is 19.1. The molecule has 0 unspecified atom stereocenters. The van der Waals surface area contributed by atoms with E-state index in [1.54, 1.807) is 18.2 Å². The standard InChI is InChI=1S/C24H19FN2O3/c25-18-12-10-17(11-13-18)23-16-21(20-8-4-5-9-22(20)26-23)24(28)27-30-15-14-29-19-6-2-1-3-7-19/h1-13,16H,14-15H2,(H,27,28). The second kappa shape index (κ2) is 9.15. The summed E-state index contributed by atoms with van der Waals surface area (Å²) in [5, 5.41) is 0.699. The molecule has 4 aromatic rings. The molecule has 30 heavy (non-hydrogen) atoms. The molecular weight excluding hydrogens is 383 g/mol. The van der Waals surface area contributed by atoms with Gasteiger partial charge in [-0.25, -0.2) is 14.9 Å². The third-order valence-corrected chi connectivity index (χ3v) is 4.46. The molecule has 0 saturated carbocycles. The summed E-state index contributed by atoms with van der Waals surface area (Å²) >= 11 is 0. The molecule has 1 aromatic heterocycles. The Kier molecular flexibility index (Phi) is 5.96. The van der Waals surface area contributed by atoms with Crippen LogP contribution >= 0.6 is 0 Å². The number of nitrogens with one attached hydrogen (secondary N) is 1. The second-order valence-corrected chi connectivity index (χ2v) is 6.52. The zero-order valence-electron chi connectivity index (χ0n) is 16.0. The van der Waals surface area contributed by atoms with Crippen molar-refractivity contribution >= 4 is 16.8 Å². The summed E-state index contributed by atoms with van der Waals surface area (Å²) in [4.78, 5) is 22.7. The fourth-order valence-electron chi connectivity index (χ4n) is 3.02. The Hall–Kier alpha value is -3.77. The number of rotatable bonds is 7. The van der Waals surface area contributed by atoms with Gasteiger partial charge in [-0.3, -0.25) is 9.63 Å². The van der Waals surface area contributed by atoms with Gasteiger partial charge in [-0.1, -0.05) is 36.4 Å². The van der Waals surface area contributed by atoms with Crippen molar-refractivity contribution in [1.29, 1.82) is 0 Å². The minimum atomic E-state index is -0.392. The largest absolute Gasteiger partial charge is 0.491 e. The smallest absolute Gasteiger partial charge is 0.275 e. The van der Waals surface area contributed by atoms with Crippen LogP contribution in [0.2, 0.25) is 0 Å². The number of benzene rings is 3. The first-order valence-corrected chi connectivity index (χ1v) is 9.46. The lowest BCUT2D eigenvalue weighted by atomic mass is 10.0. The van der Waals surface area contributed by atoms with Gasteiger partial charge >= 0.3 is 0 Å². The van der Waals surface area contributed by atoms with E-state index in [9.17, 15) is 9.18 Å². The fourth-order valence-corrected chi connectivity index (χ4v) is 3.02. The molecule has 0 aliphatic heterocycles. The first-order valence-electron chi connectivity index (χ1n) is 9.46. The summed E-state index contributed by atoms with van der Waals surface area (Å²) in [7, 11) is 0. The Bertz CT molecular complexity index is 1150. The molecule has 0 aliphatic rings. The first kappa shape index (κ1) is 19.5. The molecule has 3 aromatic carbocycles. The van der Waals surface area contributed by atoms with Crippen LogP contribution in [-0.2, 0) is 4.84 Å². The van der Waals surface area contributed by atoms with Crippen molar-refractivity contribution in [2.45, 2.75) is 0 Å². The second-order valence-electron chi connectivity index (χ2n) is 6.52. The molecule has 0 atom stereocenters. The maximum absolute atomic E-state index is 13.3. The number of amides is 1. The van der Waals surface area contributed by atoms with E-state index in [0.717, 1.165) is 5.75 Å². The highest BCUT2D eigenvalue weighted by molar-refractivity contribution is 6.06. The van der Waals surface area contributed by atoms with Crippen molar-refractivity contribution in [3.8, 4) is 17.0 Å². The number of hydrogen-bond acceptors (Lipinski definition) is 4. The van der Waals surface area contributed by atoms with Crippen molar-refractivity contribution in [2.75, 3.05) is 13.2 Å². The van der Waals surface area contributed by atoms with Crippen LogP contribution in [0.4, 0.5) is 4.39 Å². The third-order valence-electron chi connectivity index (χ3n) is 4.46. The monoisotopic (exact) mass is 402 g/mol. The Labute approximate surface area is 173 Å². The predicted molar refractivity (Wildman–Crippen MR) is 112 cm³/mol. The molecule has 150 valence electrons. The molecular formula is C24H19FN2O3. The Balaban J connectivity index is 1.47. The van der Waals surface area contributed by atoms with Crippen LogP contribution in [0, 0.1) is 5.82 Å². The number of fused-ring (bicyclic) bond motifs is 1. The molecule has 1 amide bonds. The number of aromatic nitrogens is 1. The van der Waals surface area contributed by atoms with Gasteiger partial charge in [-0.15, -0.1) is 0 Å². The van der Waals surface area contributed by atoms with Gasteiger partial charge < -0.3 is 4.74 Å². The van der Waals surface area contributed by atoms with Crippen LogP contribution in [0.15, 0.2) is 84.9 Å². The zero-order valence-corrected chi connectivity index (χ0v) is 16.0. The number of ether oxygens (including phenoxy) is 1. The topological polar surface area (TPSA) is 60.5 Å². The Morgan fingerprint density at radius 1 is 0.900 bits per heavy atom. The number of carbonyl (C=O) groups excluding carboxylic acids is 1. The highest BCUT2D eigenvalue weighted by Gasteiger charge is 2.14. The van der Waals surface area contributed by atoms with Crippen LogP contribution in [0.5, 0.6) is 5.75 Å². The third kappa shape index (κ3) is 4.61. The van der Waals surface area contributed by atoms with Crippen molar-refractivity contribution in [1.82, 2.24) is 10.5 Å². The van der Waals surface area contributed by atoms with E-state index in [1.165, 1.54) is 12.1 Å². The van der Waals surface area contributed by atoms with Crippen molar-refractivity contribution in [3.05, 3.63) is 96.3 Å². The lowest BCUT2D eigenvalue weighted by molar-refractivity contribution is 0.0201.